The van der Waals surface area contributed by atoms with Crippen LogP contribution in [0.3, 0.4) is 0 Å². The first-order chi connectivity index (χ1) is 5.54. The molecule has 0 bridgehead atoms. The van der Waals surface area contributed by atoms with Crippen LogP contribution in [0.25, 0.3) is 0 Å². The van der Waals surface area contributed by atoms with Crippen LogP contribution in [0, 0.1) is 0 Å². The predicted molar refractivity (Wildman–Crippen MR) is 42.7 cm³/mol. The summed E-state index contributed by atoms with van der Waals surface area (Å²) in [7, 11) is 1.75. The number of hydrogen-bond donors (Lipinski definition) is 0. The zero-order valence-corrected chi connectivity index (χ0v) is 6.52. The van der Waals surface area contributed by atoms with E-state index in [0.717, 1.165) is 17.6 Å². The Morgan fingerprint density at radius 1 is 1.08 bits per heavy atom. The van der Waals surface area contributed by atoms with Gasteiger partial charge in [0.15, 0.2) is 0 Å². The van der Waals surface area contributed by atoms with Gasteiger partial charge >= 0.3 is 6.18 Å². The van der Waals surface area contributed by atoms with Gasteiger partial charge in [-0.3, -0.25) is 0 Å². The monoisotopic (exact) mass is 171 g/mol. The first kappa shape index (κ1) is 9.17. The second-order valence-corrected chi connectivity index (χ2v) is 2.41. The van der Waals surface area contributed by atoms with Crippen LogP contribution in [0.5, 0.6) is 0 Å². The third kappa shape index (κ3) is 2.03. The van der Waals surface area contributed by atoms with Crippen LogP contribution >= 0.6 is 0 Å². The molecule has 0 saturated heterocycles. The molecule has 1 radical (unpaired) electrons. The van der Waals surface area contributed by atoms with Crippen molar-refractivity contribution < 1.29 is 13.2 Å². The Balaban J connectivity index is 2.93. The van der Waals surface area contributed by atoms with Crippen molar-refractivity contribution in [3.8, 4) is 0 Å². The lowest BCUT2D eigenvalue weighted by Gasteiger charge is -2.06. The molecule has 0 aliphatic carbocycles. The molecule has 0 atom stereocenters. The molecule has 1 aromatic carbocycles. The van der Waals surface area contributed by atoms with Crippen molar-refractivity contribution in [3.63, 3.8) is 0 Å². The summed E-state index contributed by atoms with van der Waals surface area (Å²) in [5.41, 5.74) is 0.191. The van der Waals surface area contributed by atoms with Crippen LogP contribution in [-0.4, -0.2) is 7.28 Å². The molecule has 4 heteroatoms. The molecule has 0 nitrogen and oxygen atoms in total. The highest BCUT2D eigenvalue weighted by Crippen LogP contribution is 2.28. The smallest absolute Gasteiger partial charge is 0.166 e. The van der Waals surface area contributed by atoms with Crippen LogP contribution in [0.4, 0.5) is 13.2 Å². The van der Waals surface area contributed by atoms with Crippen LogP contribution in [0.1, 0.15) is 5.56 Å². The molecule has 0 fully saturated rings. The zero-order chi connectivity index (χ0) is 9.19. The van der Waals surface area contributed by atoms with Crippen LogP contribution in [0.15, 0.2) is 24.3 Å². The third-order valence-electron chi connectivity index (χ3n) is 1.57. The molecule has 0 saturated carbocycles. The molecule has 0 aliphatic rings. The van der Waals surface area contributed by atoms with Gasteiger partial charge in [-0.15, -0.1) is 0 Å². The Kier molecular flexibility index (Phi) is 2.45. The number of rotatable bonds is 1. The van der Waals surface area contributed by atoms with Crippen molar-refractivity contribution in [1.82, 2.24) is 0 Å². The molecule has 0 N–H and O–H groups in total. The van der Waals surface area contributed by atoms with Crippen molar-refractivity contribution in [3.05, 3.63) is 29.8 Å². The van der Waals surface area contributed by atoms with Crippen molar-refractivity contribution in [2.75, 3.05) is 0 Å². The molecular formula is C8H7BF3. The molecule has 0 aromatic heterocycles. The van der Waals surface area contributed by atoms with Crippen molar-refractivity contribution >= 4 is 12.7 Å². The van der Waals surface area contributed by atoms with E-state index in [1.54, 1.807) is 14.1 Å². The summed E-state index contributed by atoms with van der Waals surface area (Å²) in [6, 6.07) is 5.05. The summed E-state index contributed by atoms with van der Waals surface area (Å²) in [4.78, 5) is 0. The van der Waals surface area contributed by atoms with Gasteiger partial charge in [-0.05, 0) is 0 Å². The average molecular weight is 171 g/mol. The third-order valence-corrected chi connectivity index (χ3v) is 1.57. The standard InChI is InChI=1S/C8H7BF3/c1-9-7-4-2-6(3-5-7)8(10,11)12/h2-5H,1H3. The van der Waals surface area contributed by atoms with E-state index in [2.05, 4.69) is 0 Å². The van der Waals surface area contributed by atoms with E-state index in [1.807, 2.05) is 0 Å². The highest BCUT2D eigenvalue weighted by atomic mass is 19.4. The summed E-state index contributed by atoms with van der Waals surface area (Å²) in [5, 5.41) is 0. The maximum atomic E-state index is 12.0. The molecular weight excluding hydrogens is 164 g/mol. The number of alkyl halides is 3. The number of benzene rings is 1. The van der Waals surface area contributed by atoms with Crippen molar-refractivity contribution in [2.24, 2.45) is 0 Å². The topological polar surface area (TPSA) is 0 Å². The maximum absolute atomic E-state index is 12.0. The normalized spacial score (nSPS) is 11.3. The highest BCUT2D eigenvalue weighted by Gasteiger charge is 2.29. The van der Waals surface area contributed by atoms with Gasteiger partial charge in [0.25, 0.3) is 0 Å². The first-order valence-corrected chi connectivity index (χ1v) is 3.50. The van der Waals surface area contributed by atoms with Gasteiger partial charge in [-0.25, -0.2) is 0 Å². The lowest BCUT2D eigenvalue weighted by Crippen LogP contribution is -2.12. The van der Waals surface area contributed by atoms with Crippen molar-refractivity contribution in [1.29, 1.82) is 0 Å². The van der Waals surface area contributed by atoms with Gasteiger partial charge in [0.2, 0.25) is 0 Å². The van der Waals surface area contributed by atoms with E-state index in [1.165, 1.54) is 12.1 Å². The zero-order valence-electron chi connectivity index (χ0n) is 6.52. The first-order valence-electron chi connectivity index (χ1n) is 3.50. The fourth-order valence-corrected chi connectivity index (χ4v) is 0.865. The van der Waals surface area contributed by atoms with Crippen LogP contribution < -0.4 is 5.46 Å². The summed E-state index contributed by atoms with van der Waals surface area (Å²) in [6.45, 7) is 1.78. The Morgan fingerprint density at radius 2 is 1.58 bits per heavy atom. The molecule has 0 spiro atoms. The number of halogens is 3. The lowest BCUT2D eigenvalue weighted by molar-refractivity contribution is -0.137. The molecule has 0 unspecified atom stereocenters. The second-order valence-electron chi connectivity index (χ2n) is 2.41. The van der Waals surface area contributed by atoms with E-state index >= 15 is 0 Å². The van der Waals surface area contributed by atoms with Gasteiger partial charge < -0.3 is 0 Å². The van der Waals surface area contributed by atoms with E-state index in [9.17, 15) is 13.2 Å². The molecule has 0 amide bonds. The average Bonchev–Trinajstić information content (AvgIpc) is 2.03. The molecule has 0 aliphatic heterocycles. The summed E-state index contributed by atoms with van der Waals surface area (Å²) in [5.74, 6) is 0. The quantitative estimate of drug-likeness (QED) is 0.567. The highest BCUT2D eigenvalue weighted by molar-refractivity contribution is 6.51. The van der Waals surface area contributed by atoms with Crippen LogP contribution in [0.2, 0.25) is 6.82 Å². The van der Waals surface area contributed by atoms with Gasteiger partial charge in [-0.1, -0.05) is 36.6 Å². The minimum atomic E-state index is -4.23. The summed E-state index contributed by atoms with van der Waals surface area (Å²) >= 11 is 0. The van der Waals surface area contributed by atoms with Crippen molar-refractivity contribution in [2.45, 2.75) is 13.0 Å². The molecule has 1 rings (SSSR count). The summed E-state index contributed by atoms with van der Waals surface area (Å²) < 4.78 is 36.0. The fraction of sp³-hybridized carbons (Fsp3) is 0.250. The van der Waals surface area contributed by atoms with Crippen LogP contribution in [-0.2, 0) is 6.18 Å². The Bertz CT molecular complexity index is 250. The van der Waals surface area contributed by atoms with Gasteiger partial charge in [0.1, 0.15) is 7.28 Å². The lowest BCUT2D eigenvalue weighted by atomic mass is 9.73. The van der Waals surface area contributed by atoms with Gasteiger partial charge in [-0.2, -0.15) is 13.2 Å². The Hall–Kier alpha value is -0.925. The SMILES string of the molecule is C[B]c1ccc(C(F)(F)F)cc1. The van der Waals surface area contributed by atoms with E-state index in [0.29, 0.717) is 0 Å². The Morgan fingerprint density at radius 3 is 1.92 bits per heavy atom. The van der Waals surface area contributed by atoms with Gasteiger partial charge in [0.05, 0.1) is 5.56 Å². The molecule has 1 aromatic rings. The minimum absolute atomic E-state index is 0.604. The van der Waals surface area contributed by atoms with E-state index in [-0.39, 0.29) is 0 Å². The Labute approximate surface area is 69.6 Å². The largest absolute Gasteiger partial charge is 0.416 e. The predicted octanol–water partition coefficient (Wildman–Crippen LogP) is 2.08. The van der Waals surface area contributed by atoms with Gasteiger partial charge in [0, 0.05) is 0 Å². The van der Waals surface area contributed by atoms with E-state index in [4.69, 9.17) is 0 Å². The fourth-order valence-electron chi connectivity index (χ4n) is 0.865. The second kappa shape index (κ2) is 3.21. The summed E-state index contributed by atoms with van der Waals surface area (Å²) in [6.07, 6.45) is -4.23. The molecule has 0 heterocycles. The molecule has 63 valence electrons. The van der Waals surface area contributed by atoms with E-state index < -0.39 is 11.7 Å². The molecule has 12 heavy (non-hydrogen) atoms. The minimum Gasteiger partial charge on any atom is -0.166 e. The number of hydrogen-bond acceptors (Lipinski definition) is 0. The maximum Gasteiger partial charge on any atom is 0.416 e.